The largest absolute Gasteiger partial charge is 0.461 e. The summed E-state index contributed by atoms with van der Waals surface area (Å²) in [6, 6.07) is 15.6. The normalized spacial score (nSPS) is 12.5. The molecule has 0 aromatic heterocycles. The molecule has 1 unspecified atom stereocenters. The summed E-state index contributed by atoms with van der Waals surface area (Å²) in [6.45, 7) is 4.22. The quantitative estimate of drug-likeness (QED) is 0.134. The molecule has 1 atom stereocenters. The van der Waals surface area contributed by atoms with Crippen LogP contribution in [0.3, 0.4) is 0 Å². The summed E-state index contributed by atoms with van der Waals surface area (Å²) in [4.78, 5) is 37.2. The molecule has 36 heavy (non-hydrogen) atoms. The molecule has 0 saturated carbocycles. The highest BCUT2D eigenvalue weighted by atomic mass is 16.6. The van der Waals surface area contributed by atoms with Crippen molar-refractivity contribution in [1.29, 1.82) is 0 Å². The number of esters is 2. The Morgan fingerprint density at radius 1 is 1.06 bits per heavy atom. The van der Waals surface area contributed by atoms with E-state index in [1.807, 2.05) is 43.3 Å². The van der Waals surface area contributed by atoms with Crippen LogP contribution in [0.15, 0.2) is 71.9 Å². The van der Waals surface area contributed by atoms with Crippen molar-refractivity contribution in [3.63, 3.8) is 0 Å². The molecular formula is C27H32N2O7. The first-order valence-corrected chi connectivity index (χ1v) is 11.6. The maximum atomic E-state index is 13.1. The highest BCUT2D eigenvalue weighted by Gasteiger charge is 2.33. The topological polar surface area (TPSA) is 117 Å². The zero-order chi connectivity index (χ0) is 26.3. The minimum Gasteiger partial charge on any atom is -0.461 e. The van der Waals surface area contributed by atoms with Crippen LogP contribution in [0.4, 0.5) is 5.69 Å². The van der Waals surface area contributed by atoms with E-state index in [0.717, 1.165) is 5.56 Å². The van der Waals surface area contributed by atoms with Gasteiger partial charge in [0.05, 0.1) is 23.5 Å². The average Bonchev–Trinajstić information content (AvgIpc) is 2.87. The summed E-state index contributed by atoms with van der Waals surface area (Å²) < 4.78 is 15.7. The van der Waals surface area contributed by atoms with Crippen molar-refractivity contribution in [1.82, 2.24) is 5.32 Å². The van der Waals surface area contributed by atoms with Crippen molar-refractivity contribution >= 4 is 23.7 Å². The number of benzene rings is 2. The highest BCUT2D eigenvalue weighted by Crippen LogP contribution is 2.36. The van der Waals surface area contributed by atoms with Crippen molar-refractivity contribution in [2.75, 3.05) is 33.5 Å². The number of para-hydroxylation sites is 1. The molecule has 2 aromatic rings. The fourth-order valence-corrected chi connectivity index (χ4v) is 3.64. The zero-order valence-electron chi connectivity index (χ0n) is 20.8. The zero-order valence-corrected chi connectivity index (χ0v) is 20.8. The van der Waals surface area contributed by atoms with E-state index in [2.05, 4.69) is 5.32 Å². The Hall–Kier alpha value is -3.98. The second kappa shape index (κ2) is 15.1. The lowest BCUT2D eigenvalue weighted by atomic mass is 9.86. The summed E-state index contributed by atoms with van der Waals surface area (Å²) in [5.74, 6) is -2.26. The van der Waals surface area contributed by atoms with Gasteiger partial charge in [0.25, 0.3) is 5.69 Å². The molecule has 0 heterocycles. The number of rotatable bonds is 14. The lowest BCUT2D eigenvalue weighted by molar-refractivity contribution is -0.385. The maximum absolute atomic E-state index is 13.1. The van der Waals surface area contributed by atoms with Gasteiger partial charge in [0, 0.05) is 36.9 Å². The Morgan fingerprint density at radius 3 is 2.42 bits per heavy atom. The Kier molecular flexibility index (Phi) is 11.9. The van der Waals surface area contributed by atoms with Gasteiger partial charge in [0.2, 0.25) is 0 Å². The van der Waals surface area contributed by atoms with Crippen molar-refractivity contribution in [2.45, 2.75) is 26.2 Å². The third kappa shape index (κ3) is 8.66. The van der Waals surface area contributed by atoms with Crippen LogP contribution >= 0.6 is 0 Å². The van der Waals surface area contributed by atoms with Crippen LogP contribution in [0, 0.1) is 10.1 Å². The number of allylic oxidation sites excluding steroid dienone is 1. The van der Waals surface area contributed by atoms with Crippen molar-refractivity contribution in [3.05, 3.63) is 93.2 Å². The van der Waals surface area contributed by atoms with Gasteiger partial charge in [-0.05, 0) is 25.5 Å². The Labute approximate surface area is 210 Å². The standard InChI is InChI=1S/C27H32N2O7/c1-4-28-20(2)26(27(31)36-18-17-34-3)23(22-14-8-9-15-24(22)29(32)33)19-25(30)35-16-10-13-21-11-6-5-7-12-21/h5-15,23,28H,4,16-19H2,1-3H3/b13-10+,26-20+. The predicted octanol–water partition coefficient (Wildman–Crippen LogP) is 4.40. The minimum absolute atomic E-state index is 0.00340. The summed E-state index contributed by atoms with van der Waals surface area (Å²) >= 11 is 0. The summed E-state index contributed by atoms with van der Waals surface area (Å²) in [6.07, 6.45) is 3.23. The van der Waals surface area contributed by atoms with Gasteiger partial charge in [-0.2, -0.15) is 0 Å². The molecule has 2 aromatic carbocycles. The van der Waals surface area contributed by atoms with E-state index < -0.39 is 22.8 Å². The minimum atomic E-state index is -0.966. The van der Waals surface area contributed by atoms with Crippen LogP contribution in [-0.4, -0.2) is 50.3 Å². The van der Waals surface area contributed by atoms with E-state index in [4.69, 9.17) is 14.2 Å². The molecule has 0 amide bonds. The predicted molar refractivity (Wildman–Crippen MR) is 136 cm³/mol. The van der Waals surface area contributed by atoms with Gasteiger partial charge in [0.15, 0.2) is 0 Å². The lowest BCUT2D eigenvalue weighted by Gasteiger charge is -2.22. The molecule has 0 fully saturated rings. The van der Waals surface area contributed by atoms with E-state index in [1.165, 1.54) is 25.3 Å². The fourth-order valence-electron chi connectivity index (χ4n) is 3.64. The number of hydrogen-bond acceptors (Lipinski definition) is 8. The van der Waals surface area contributed by atoms with Crippen LogP contribution < -0.4 is 5.32 Å². The molecule has 0 spiro atoms. The van der Waals surface area contributed by atoms with Crippen LogP contribution in [0.2, 0.25) is 0 Å². The van der Waals surface area contributed by atoms with Gasteiger partial charge in [-0.15, -0.1) is 0 Å². The molecule has 9 nitrogen and oxygen atoms in total. The molecule has 192 valence electrons. The first-order chi connectivity index (χ1) is 17.4. The number of methoxy groups -OCH3 is 1. The van der Waals surface area contributed by atoms with Crippen LogP contribution in [0.1, 0.15) is 37.3 Å². The van der Waals surface area contributed by atoms with Crippen LogP contribution in [-0.2, 0) is 23.8 Å². The van der Waals surface area contributed by atoms with Gasteiger partial charge in [0.1, 0.15) is 13.2 Å². The number of nitro benzene ring substituents is 1. The maximum Gasteiger partial charge on any atom is 0.336 e. The van der Waals surface area contributed by atoms with Crippen molar-refractivity contribution in [3.8, 4) is 0 Å². The van der Waals surface area contributed by atoms with E-state index >= 15 is 0 Å². The van der Waals surface area contributed by atoms with E-state index in [1.54, 1.807) is 19.1 Å². The summed E-state index contributed by atoms with van der Waals surface area (Å²) in [5.41, 5.74) is 1.55. The van der Waals surface area contributed by atoms with Crippen molar-refractivity contribution in [2.24, 2.45) is 0 Å². The molecule has 1 N–H and O–H groups in total. The number of carbonyl (C=O) groups excluding carboxylic acids is 2. The number of nitrogens with zero attached hydrogens (tertiary/aromatic N) is 1. The molecule has 9 heteroatoms. The summed E-state index contributed by atoms with van der Waals surface area (Å²) in [5, 5.41) is 14.8. The Morgan fingerprint density at radius 2 is 1.75 bits per heavy atom. The number of nitro groups is 1. The average molecular weight is 497 g/mol. The second-order valence-electron chi connectivity index (χ2n) is 7.77. The fraction of sp³-hybridized carbons (Fsp3) is 0.333. The van der Waals surface area contributed by atoms with Crippen LogP contribution in [0.25, 0.3) is 6.08 Å². The van der Waals surface area contributed by atoms with Gasteiger partial charge in [-0.1, -0.05) is 54.6 Å². The smallest absolute Gasteiger partial charge is 0.336 e. The monoisotopic (exact) mass is 496 g/mol. The van der Waals surface area contributed by atoms with Crippen LogP contribution in [0.5, 0.6) is 0 Å². The Balaban J connectivity index is 2.36. The van der Waals surface area contributed by atoms with Gasteiger partial charge in [-0.25, -0.2) is 4.79 Å². The van der Waals surface area contributed by atoms with E-state index in [0.29, 0.717) is 12.2 Å². The Bertz CT molecular complexity index is 1080. The summed E-state index contributed by atoms with van der Waals surface area (Å²) in [7, 11) is 1.48. The number of nitrogens with one attached hydrogen (secondary N) is 1. The molecule has 0 bridgehead atoms. The lowest BCUT2D eigenvalue weighted by Crippen LogP contribution is -2.25. The van der Waals surface area contributed by atoms with Gasteiger partial charge in [-0.3, -0.25) is 14.9 Å². The second-order valence-corrected chi connectivity index (χ2v) is 7.77. The highest BCUT2D eigenvalue weighted by molar-refractivity contribution is 5.92. The first kappa shape index (κ1) is 28.3. The molecule has 0 aliphatic rings. The molecule has 0 aliphatic carbocycles. The molecular weight excluding hydrogens is 464 g/mol. The third-order valence-corrected chi connectivity index (χ3v) is 5.27. The SMILES string of the molecule is CCN/C(C)=C(/C(=O)OCCOC)C(CC(=O)OC/C=C/c1ccccc1)c1ccccc1[N+](=O)[O-]. The molecule has 2 rings (SSSR count). The van der Waals surface area contributed by atoms with E-state index in [9.17, 15) is 19.7 Å². The molecule has 0 radical (unpaired) electrons. The number of hydrogen-bond donors (Lipinski definition) is 1. The number of carbonyl (C=O) groups is 2. The molecule has 0 saturated heterocycles. The molecule has 0 aliphatic heterocycles. The van der Waals surface area contributed by atoms with Gasteiger partial charge < -0.3 is 19.5 Å². The van der Waals surface area contributed by atoms with E-state index in [-0.39, 0.29) is 43.1 Å². The number of ether oxygens (including phenoxy) is 3. The van der Waals surface area contributed by atoms with Crippen molar-refractivity contribution < 1.29 is 28.7 Å². The van der Waals surface area contributed by atoms with Gasteiger partial charge >= 0.3 is 11.9 Å². The third-order valence-electron chi connectivity index (χ3n) is 5.27. The first-order valence-electron chi connectivity index (χ1n) is 11.6.